The van der Waals surface area contributed by atoms with Crippen LogP contribution < -0.4 is 0 Å². The van der Waals surface area contributed by atoms with E-state index in [-0.39, 0.29) is 17.8 Å². The van der Waals surface area contributed by atoms with E-state index in [2.05, 4.69) is 11.0 Å². The van der Waals surface area contributed by atoms with E-state index in [4.69, 9.17) is 0 Å². The van der Waals surface area contributed by atoms with E-state index in [1.807, 2.05) is 31.2 Å². The molecule has 1 N–H and O–H groups in total. The molecule has 2 aliphatic rings. The van der Waals surface area contributed by atoms with Crippen molar-refractivity contribution in [2.75, 3.05) is 26.3 Å². The van der Waals surface area contributed by atoms with Crippen molar-refractivity contribution >= 4 is 23.2 Å². The molecule has 7 heteroatoms. The van der Waals surface area contributed by atoms with E-state index >= 15 is 0 Å². The van der Waals surface area contributed by atoms with Crippen molar-refractivity contribution in [2.24, 2.45) is 0 Å². The molecule has 41 heavy (non-hydrogen) atoms. The summed E-state index contributed by atoms with van der Waals surface area (Å²) >= 11 is 0. The molecule has 0 bridgehead atoms. The van der Waals surface area contributed by atoms with Gasteiger partial charge in [-0.3, -0.25) is 9.29 Å². The number of halogens is 4. The van der Waals surface area contributed by atoms with Gasteiger partial charge in [0.2, 0.25) is 0 Å². The number of hydrogen-bond acceptors (Lipinski definition) is 2. The van der Waals surface area contributed by atoms with Crippen molar-refractivity contribution in [3.05, 3.63) is 110 Å². The number of carboxylic acids is 1. The third kappa shape index (κ3) is 6.01. The first-order valence-electron chi connectivity index (χ1n) is 13.9. The van der Waals surface area contributed by atoms with Crippen LogP contribution in [0.4, 0.5) is 17.6 Å². The normalized spacial score (nSPS) is 15.8. The highest BCUT2D eigenvalue weighted by Crippen LogP contribution is 2.44. The number of alkyl halides is 4. The third-order valence-corrected chi connectivity index (χ3v) is 8.11. The molecule has 0 saturated carbocycles. The molecule has 1 saturated heterocycles. The van der Waals surface area contributed by atoms with Crippen LogP contribution in [-0.2, 0) is 12.6 Å². The lowest BCUT2D eigenvalue weighted by Crippen LogP contribution is -2.40. The molecule has 1 aliphatic heterocycles. The molecule has 0 atom stereocenters. The van der Waals surface area contributed by atoms with Crippen molar-refractivity contribution in [2.45, 2.75) is 45.7 Å². The molecular weight excluding hydrogens is 530 g/mol. The SMILES string of the molecule is Cc1ccc(C(F)(F)F)c(C)c1C1=C(c2ccc(C=C3CN(CCCF)C3)cc2)c2ccc(C(=O)O)cc2CCC1. The fraction of sp³-hybridized carbons (Fsp3) is 0.324. The van der Waals surface area contributed by atoms with Gasteiger partial charge in [0.15, 0.2) is 0 Å². The van der Waals surface area contributed by atoms with Crippen molar-refractivity contribution in [1.29, 1.82) is 0 Å². The van der Waals surface area contributed by atoms with Gasteiger partial charge in [-0.2, -0.15) is 13.2 Å². The Bertz CT molecular complexity index is 1530. The topological polar surface area (TPSA) is 40.5 Å². The molecule has 1 fully saturated rings. The molecule has 0 aromatic heterocycles. The van der Waals surface area contributed by atoms with Gasteiger partial charge in [-0.1, -0.05) is 42.5 Å². The minimum Gasteiger partial charge on any atom is -0.478 e. The molecule has 0 unspecified atom stereocenters. The fourth-order valence-electron chi connectivity index (χ4n) is 6.16. The molecule has 5 rings (SSSR count). The maximum Gasteiger partial charge on any atom is 0.416 e. The zero-order chi connectivity index (χ0) is 29.3. The van der Waals surface area contributed by atoms with E-state index in [9.17, 15) is 27.5 Å². The molecule has 1 aliphatic carbocycles. The number of carboxylic acid groups (broad SMARTS) is 1. The monoisotopic (exact) mass is 563 g/mol. The van der Waals surface area contributed by atoms with Crippen LogP contribution in [0.2, 0.25) is 0 Å². The van der Waals surface area contributed by atoms with Crippen LogP contribution in [0.3, 0.4) is 0 Å². The van der Waals surface area contributed by atoms with Gasteiger partial charge in [-0.05, 0) is 113 Å². The molecule has 3 nitrogen and oxygen atoms in total. The fourth-order valence-corrected chi connectivity index (χ4v) is 6.16. The Morgan fingerprint density at radius 2 is 1.73 bits per heavy atom. The Hall–Kier alpha value is -3.71. The van der Waals surface area contributed by atoms with Gasteiger partial charge < -0.3 is 5.11 Å². The van der Waals surface area contributed by atoms with Crippen LogP contribution in [0, 0.1) is 13.8 Å². The Kier molecular flexibility index (Phi) is 8.18. The number of likely N-dealkylation sites (tertiary alicyclic amines) is 1. The minimum absolute atomic E-state index is 0.195. The summed E-state index contributed by atoms with van der Waals surface area (Å²) in [5.74, 6) is -1.01. The Morgan fingerprint density at radius 1 is 1.00 bits per heavy atom. The number of nitrogens with zero attached hydrogens (tertiary/aromatic N) is 1. The van der Waals surface area contributed by atoms with Gasteiger partial charge in [-0.25, -0.2) is 4.79 Å². The summed E-state index contributed by atoms with van der Waals surface area (Å²) in [5.41, 5.74) is 7.75. The van der Waals surface area contributed by atoms with Crippen LogP contribution in [0.25, 0.3) is 17.2 Å². The standard InChI is InChI=1S/C34H33F4NO2/c1-21-7-14-30(34(36,37)38)22(2)31(21)29-6-3-5-26-18-27(33(40)41)12-13-28(26)32(29)25-10-8-23(9-11-25)17-24-19-39(20-24)16-4-15-35/h7-14,17-18H,3-6,15-16,19-20H2,1-2H3,(H,40,41). The van der Waals surface area contributed by atoms with E-state index in [0.717, 1.165) is 64.7 Å². The third-order valence-electron chi connectivity index (χ3n) is 8.11. The summed E-state index contributed by atoms with van der Waals surface area (Å²) in [4.78, 5) is 13.9. The Morgan fingerprint density at radius 3 is 2.39 bits per heavy atom. The van der Waals surface area contributed by atoms with E-state index < -0.39 is 17.7 Å². The second kappa shape index (κ2) is 11.6. The number of hydrogen-bond donors (Lipinski definition) is 1. The van der Waals surface area contributed by atoms with Gasteiger partial charge in [0.1, 0.15) is 0 Å². The molecule has 214 valence electrons. The summed E-state index contributed by atoms with van der Waals surface area (Å²) in [6.07, 6.45) is 0.0863. The number of carbonyl (C=O) groups is 1. The molecule has 1 heterocycles. The first-order valence-corrected chi connectivity index (χ1v) is 13.9. The highest BCUT2D eigenvalue weighted by atomic mass is 19.4. The number of fused-ring (bicyclic) bond motifs is 1. The minimum atomic E-state index is -4.47. The largest absolute Gasteiger partial charge is 0.478 e. The highest BCUT2D eigenvalue weighted by molar-refractivity contribution is 6.02. The summed E-state index contributed by atoms with van der Waals surface area (Å²) < 4.78 is 54.3. The lowest BCUT2D eigenvalue weighted by molar-refractivity contribution is -0.138. The molecule has 0 spiro atoms. The Balaban J connectivity index is 1.63. The van der Waals surface area contributed by atoms with Crippen molar-refractivity contribution in [3.8, 4) is 0 Å². The molecule has 0 radical (unpaired) electrons. The van der Waals surface area contributed by atoms with Gasteiger partial charge in [0, 0.05) is 19.6 Å². The zero-order valence-corrected chi connectivity index (χ0v) is 23.2. The van der Waals surface area contributed by atoms with E-state index in [1.54, 1.807) is 31.2 Å². The second-order valence-corrected chi connectivity index (χ2v) is 11.0. The van der Waals surface area contributed by atoms with Gasteiger partial charge >= 0.3 is 12.1 Å². The van der Waals surface area contributed by atoms with Gasteiger partial charge in [-0.15, -0.1) is 0 Å². The Labute approximate surface area is 237 Å². The van der Waals surface area contributed by atoms with Crippen LogP contribution in [0.15, 0.2) is 60.2 Å². The first-order chi connectivity index (χ1) is 19.6. The summed E-state index contributed by atoms with van der Waals surface area (Å²) in [6, 6.07) is 15.8. The summed E-state index contributed by atoms with van der Waals surface area (Å²) in [6.45, 7) is 5.47. The van der Waals surface area contributed by atoms with Crippen molar-refractivity contribution in [3.63, 3.8) is 0 Å². The first kappa shape index (κ1) is 28.8. The zero-order valence-electron chi connectivity index (χ0n) is 23.2. The molecular formula is C34H33F4NO2. The maximum atomic E-state index is 14.0. The maximum absolute atomic E-state index is 14.0. The van der Waals surface area contributed by atoms with E-state index in [0.29, 0.717) is 31.2 Å². The number of aryl methyl sites for hydroxylation is 2. The van der Waals surface area contributed by atoms with Crippen molar-refractivity contribution < 1.29 is 27.5 Å². The van der Waals surface area contributed by atoms with E-state index in [1.165, 1.54) is 5.57 Å². The lowest BCUT2D eigenvalue weighted by Gasteiger charge is -2.33. The van der Waals surface area contributed by atoms with Crippen LogP contribution in [0.1, 0.15) is 74.1 Å². The number of allylic oxidation sites excluding steroid dienone is 1. The van der Waals surface area contributed by atoms with Gasteiger partial charge in [0.25, 0.3) is 0 Å². The predicted molar refractivity (Wildman–Crippen MR) is 155 cm³/mol. The van der Waals surface area contributed by atoms with Crippen molar-refractivity contribution in [1.82, 2.24) is 4.90 Å². The number of rotatable bonds is 7. The van der Waals surface area contributed by atoms with Crippen LogP contribution in [-0.4, -0.2) is 42.3 Å². The smallest absolute Gasteiger partial charge is 0.416 e. The summed E-state index contributed by atoms with van der Waals surface area (Å²) in [7, 11) is 0. The average Bonchev–Trinajstić information content (AvgIpc) is 3.08. The second-order valence-electron chi connectivity index (χ2n) is 11.0. The molecule has 3 aromatic rings. The molecule has 3 aromatic carbocycles. The average molecular weight is 564 g/mol. The highest BCUT2D eigenvalue weighted by Gasteiger charge is 2.34. The molecule has 0 amide bonds. The quantitative estimate of drug-likeness (QED) is 0.294. The van der Waals surface area contributed by atoms with Crippen LogP contribution >= 0.6 is 0 Å². The number of benzene rings is 3. The lowest BCUT2D eigenvalue weighted by atomic mass is 9.83. The predicted octanol–water partition coefficient (Wildman–Crippen LogP) is 8.37. The summed E-state index contributed by atoms with van der Waals surface area (Å²) in [5, 5.41) is 9.59. The number of aromatic carboxylic acids is 1. The van der Waals surface area contributed by atoms with Crippen LogP contribution in [0.5, 0.6) is 0 Å². The van der Waals surface area contributed by atoms with Gasteiger partial charge in [0.05, 0.1) is 17.8 Å².